The largest absolute Gasteiger partial charge is 0.496 e. The van der Waals surface area contributed by atoms with Crippen molar-refractivity contribution in [2.24, 2.45) is 17.2 Å². The number of likely N-dealkylation sites (N-methyl/N-ethyl adjacent to an activating group) is 1. The van der Waals surface area contributed by atoms with Gasteiger partial charge < -0.3 is 38.8 Å². The summed E-state index contributed by atoms with van der Waals surface area (Å²) in [7, 11) is 5.86. The number of ether oxygens (including phenoxy) is 4. The molecule has 3 aromatic rings. The predicted molar refractivity (Wildman–Crippen MR) is 219 cm³/mol. The average molecular weight is 832 g/mol. The van der Waals surface area contributed by atoms with E-state index >= 15 is 13.6 Å². The Morgan fingerprint density at radius 3 is 2.48 bits per heavy atom. The lowest BCUT2D eigenvalue weighted by molar-refractivity contribution is -0.228. The molecule has 1 saturated carbocycles. The molecule has 1 aliphatic carbocycles. The van der Waals surface area contributed by atoms with Crippen LogP contribution in [0.2, 0.25) is 0 Å². The van der Waals surface area contributed by atoms with Crippen LogP contribution in [0.4, 0.5) is 14.5 Å². The summed E-state index contributed by atoms with van der Waals surface area (Å²) in [6.45, 7) is 5.91. The van der Waals surface area contributed by atoms with E-state index < -0.39 is 69.6 Å². The van der Waals surface area contributed by atoms with Gasteiger partial charge in [0, 0.05) is 98.2 Å². The van der Waals surface area contributed by atoms with Gasteiger partial charge in [0.1, 0.15) is 11.2 Å². The number of aromatic amines is 1. The zero-order valence-corrected chi connectivity index (χ0v) is 35.4. The molecule has 60 heavy (non-hydrogen) atoms. The number of carbonyl (C=O) groups is 3. The van der Waals surface area contributed by atoms with Gasteiger partial charge in [-0.05, 0) is 74.8 Å². The van der Waals surface area contributed by atoms with Crippen molar-refractivity contribution in [1.82, 2.24) is 14.8 Å². The first kappa shape index (κ1) is 39.6. The lowest BCUT2D eigenvalue weighted by Gasteiger charge is -2.63. The minimum Gasteiger partial charge on any atom is -0.496 e. The number of nitrogens with one attached hydrogen (secondary N) is 1. The van der Waals surface area contributed by atoms with Crippen LogP contribution >= 0.6 is 0 Å². The van der Waals surface area contributed by atoms with Gasteiger partial charge in [0.15, 0.2) is 6.10 Å². The van der Waals surface area contributed by atoms with Crippen LogP contribution in [-0.4, -0.2) is 129 Å². The molecule has 0 amide bonds. The molecular weight excluding hydrogens is 775 g/mol. The number of benzene rings is 2. The molecule has 6 heterocycles. The first-order valence-corrected chi connectivity index (χ1v) is 21.1. The number of aromatic nitrogens is 1. The van der Waals surface area contributed by atoms with Gasteiger partial charge in [-0.1, -0.05) is 37.3 Å². The number of anilines is 1. The molecule has 2 saturated heterocycles. The minimum absolute atomic E-state index is 0.0198. The number of hydrogen-bond acceptors (Lipinski definition) is 11. The van der Waals surface area contributed by atoms with Gasteiger partial charge in [-0.15, -0.1) is 0 Å². The van der Waals surface area contributed by atoms with E-state index in [2.05, 4.69) is 9.88 Å². The Balaban J connectivity index is 1.36. The zero-order valence-electron chi connectivity index (χ0n) is 36.4. The molecule has 1 unspecified atom stereocenters. The third-order valence-corrected chi connectivity index (χ3v) is 15.3. The van der Waals surface area contributed by atoms with Gasteiger partial charge in [-0.3, -0.25) is 14.5 Å². The molecule has 14 heteroatoms. The smallest absolute Gasteiger partial charge is 0.344 e. The van der Waals surface area contributed by atoms with E-state index in [1.54, 1.807) is 7.05 Å². The lowest BCUT2D eigenvalue weighted by Crippen LogP contribution is -2.81. The second-order valence-corrected chi connectivity index (χ2v) is 18.1. The monoisotopic (exact) mass is 831 g/mol. The van der Waals surface area contributed by atoms with Crippen LogP contribution in [0.25, 0.3) is 10.9 Å². The summed E-state index contributed by atoms with van der Waals surface area (Å²) in [5.41, 5.74) is -2.01. The topological polar surface area (TPSA) is 134 Å². The number of nitrogens with zero attached hydrogens (tertiary/aromatic N) is 3. The molecule has 6 aliphatic rings. The van der Waals surface area contributed by atoms with Crippen LogP contribution in [-0.2, 0) is 45.8 Å². The highest BCUT2D eigenvalue weighted by Gasteiger charge is 2.80. The Morgan fingerprint density at radius 1 is 1.05 bits per heavy atom. The van der Waals surface area contributed by atoms with Crippen LogP contribution in [0.15, 0.2) is 48.6 Å². The third-order valence-electron chi connectivity index (χ3n) is 15.3. The number of esters is 3. The third kappa shape index (κ3) is 5.31. The Bertz CT molecular complexity index is 2350. The summed E-state index contributed by atoms with van der Waals surface area (Å²) >= 11 is 0. The zero-order chi connectivity index (χ0) is 43.7. The number of H-pyrrole nitrogens is 1. The fraction of sp³-hybridized carbons (Fsp3) is 0.587. The lowest BCUT2D eigenvalue weighted by atomic mass is 9.47. The maximum Gasteiger partial charge on any atom is 0.344 e. The number of fused-ring (bicyclic) bond motifs is 6. The number of carbonyl (C=O) groups excluding carboxylic acids is 3. The highest BCUT2D eigenvalue weighted by molar-refractivity contribution is 5.95. The van der Waals surface area contributed by atoms with Crippen molar-refractivity contribution in [3.8, 4) is 5.75 Å². The Labute approximate surface area is 350 Å². The fourth-order valence-electron chi connectivity index (χ4n) is 13.2. The summed E-state index contributed by atoms with van der Waals surface area (Å²) < 4.78 is 64.0. The molecule has 0 radical (unpaired) electrons. The summed E-state index contributed by atoms with van der Waals surface area (Å²) in [6.07, 6.45) is 3.84. The van der Waals surface area contributed by atoms with Gasteiger partial charge in [0.25, 0.3) is 0 Å². The van der Waals surface area contributed by atoms with Gasteiger partial charge in [-0.2, -0.15) is 0 Å². The van der Waals surface area contributed by atoms with Crippen LogP contribution in [0.1, 0.15) is 70.2 Å². The molecule has 12 nitrogen and oxygen atoms in total. The molecule has 1 aromatic heterocycles. The summed E-state index contributed by atoms with van der Waals surface area (Å²) in [5.74, 6) is -7.87. The molecule has 2 aromatic carbocycles. The quantitative estimate of drug-likeness (QED) is 0.187. The number of alkyl halides is 2. The minimum atomic E-state index is -3.33. The van der Waals surface area contributed by atoms with Crippen LogP contribution in [0.3, 0.4) is 0 Å². The highest BCUT2D eigenvalue weighted by Crippen LogP contribution is 2.68. The summed E-state index contributed by atoms with van der Waals surface area (Å²) in [4.78, 5) is 52.5. The standard InChI is InChI=1S/C46H56F2N4O8/c1-8-43-15-11-17-52-19-16-44(37(43)52)31-21-32(35(57-5)22-34(31)50(4)38(44)46(56,41(55)59-7)39(43)60-26(2)53)45(40(54)58-6)23-27-20-28(42(3,47)48)25-51(24-27)18-14-30-29-12-9-10-13-33(29)49-36(30)45/h9-13,15,21-22,27-28,37-39,49,56H,8,14,16-20,23-25H2,1-7H3/t27-,28-,37+,38-,39-,43-,44-,45+,46+/m1/s1/i28D. The average Bonchev–Trinajstić information content (AvgIpc) is 3.89. The Morgan fingerprint density at radius 2 is 1.80 bits per heavy atom. The van der Waals surface area contributed by atoms with Crippen molar-refractivity contribution in [2.75, 3.05) is 66.0 Å². The van der Waals surface area contributed by atoms with Gasteiger partial charge >= 0.3 is 17.9 Å². The van der Waals surface area contributed by atoms with Crippen molar-refractivity contribution in [3.63, 3.8) is 0 Å². The fourth-order valence-corrected chi connectivity index (χ4v) is 13.2. The van der Waals surface area contributed by atoms with Crippen LogP contribution < -0.4 is 9.64 Å². The molecular formula is C46H56F2N4O8. The van der Waals surface area contributed by atoms with E-state index in [-0.39, 0.29) is 25.4 Å². The molecule has 322 valence electrons. The number of hydrogen-bond donors (Lipinski definition) is 2. The van der Waals surface area contributed by atoms with E-state index in [9.17, 15) is 16.1 Å². The second-order valence-electron chi connectivity index (χ2n) is 18.1. The van der Waals surface area contributed by atoms with Crippen molar-refractivity contribution >= 4 is 34.5 Å². The summed E-state index contributed by atoms with van der Waals surface area (Å²) in [5, 5.41) is 14.2. The second kappa shape index (κ2) is 14.0. The molecule has 9 rings (SSSR count). The molecule has 2 N–H and O–H groups in total. The molecule has 10 atom stereocenters. The predicted octanol–water partition coefficient (Wildman–Crippen LogP) is 5.12. The molecule has 2 bridgehead atoms. The number of para-hydroxylation sites is 1. The number of aliphatic hydroxyl groups is 1. The van der Waals surface area contributed by atoms with Crippen molar-refractivity contribution in [2.45, 2.75) is 93.4 Å². The van der Waals surface area contributed by atoms with Crippen LogP contribution in [0.5, 0.6) is 5.75 Å². The van der Waals surface area contributed by atoms with Crippen LogP contribution in [0, 0.1) is 17.2 Å². The van der Waals surface area contributed by atoms with E-state index in [1.807, 2.05) is 65.3 Å². The highest BCUT2D eigenvalue weighted by atomic mass is 19.3. The van der Waals surface area contributed by atoms with E-state index in [0.29, 0.717) is 68.1 Å². The Kier molecular flexibility index (Phi) is 9.24. The molecule has 3 fully saturated rings. The molecule has 1 spiro atoms. The van der Waals surface area contributed by atoms with E-state index in [4.69, 9.17) is 18.9 Å². The number of piperidine rings is 1. The molecule has 5 aliphatic heterocycles. The van der Waals surface area contributed by atoms with Crippen molar-refractivity contribution in [1.29, 1.82) is 0 Å². The number of rotatable bonds is 7. The number of halogens is 2. The van der Waals surface area contributed by atoms with Crippen molar-refractivity contribution in [3.05, 3.63) is 70.9 Å². The normalized spacial score (nSPS) is 37.1. The van der Waals surface area contributed by atoms with E-state index in [0.717, 1.165) is 29.0 Å². The maximum atomic E-state index is 15.5. The number of methoxy groups -OCH3 is 3. The van der Waals surface area contributed by atoms with E-state index in [1.165, 1.54) is 28.3 Å². The first-order valence-electron chi connectivity index (χ1n) is 21.6. The first-order chi connectivity index (χ1) is 28.9. The van der Waals surface area contributed by atoms with Gasteiger partial charge in [0.05, 0.1) is 27.4 Å². The van der Waals surface area contributed by atoms with Crippen molar-refractivity contribution < 1.29 is 48.6 Å². The Hall–Kier alpha value is -4.53. The van der Waals surface area contributed by atoms with Gasteiger partial charge in [0.2, 0.25) is 11.5 Å². The SMILES string of the molecule is [2H][C@@]1(C(C)(F)F)C[C@H]2CN(CCc3c([nH]c4ccccc34)[C@@](C(=O)OC)(c3cc4c(cc3OC)N(C)[C@H]3[C@@](O)(C(=O)OC)[C@H](OC(C)=O)[C@]5(CC)C=CCN6CC[C@]43[C@@H]65)C2)C1. The summed E-state index contributed by atoms with van der Waals surface area (Å²) in [6, 6.07) is 10.2. The maximum absolute atomic E-state index is 15.5. The van der Waals surface area contributed by atoms with Gasteiger partial charge in [-0.25, -0.2) is 13.6 Å².